The van der Waals surface area contributed by atoms with Gasteiger partial charge in [0.1, 0.15) is 5.82 Å². The number of aryl methyl sites for hydroxylation is 1. The van der Waals surface area contributed by atoms with Gasteiger partial charge in [0.15, 0.2) is 0 Å². The summed E-state index contributed by atoms with van der Waals surface area (Å²) in [6, 6.07) is 14.4. The Morgan fingerprint density at radius 3 is 2.71 bits per heavy atom. The number of likely N-dealkylation sites (tertiary alicyclic amines) is 1. The molecular formula is C20H23FN2O. The van der Waals surface area contributed by atoms with Crippen LogP contribution in [-0.4, -0.2) is 23.9 Å². The van der Waals surface area contributed by atoms with Crippen molar-refractivity contribution in [2.45, 2.75) is 26.3 Å². The van der Waals surface area contributed by atoms with E-state index in [0.717, 1.165) is 49.3 Å². The fourth-order valence-electron chi connectivity index (χ4n) is 3.21. The van der Waals surface area contributed by atoms with Gasteiger partial charge < -0.3 is 5.32 Å². The Bertz CT molecular complexity index is 699. The fraction of sp³-hybridized carbons (Fsp3) is 0.350. The number of carbonyl (C=O) groups excluding carboxylic acids is 1. The summed E-state index contributed by atoms with van der Waals surface area (Å²) in [6.07, 6.45) is 1.92. The normalized spacial score (nSPS) is 18.3. The molecule has 0 spiro atoms. The minimum absolute atomic E-state index is 0.00111. The van der Waals surface area contributed by atoms with Crippen molar-refractivity contribution in [3.05, 3.63) is 65.5 Å². The second-order valence-corrected chi connectivity index (χ2v) is 6.50. The molecule has 1 atom stereocenters. The molecular weight excluding hydrogens is 303 g/mol. The van der Waals surface area contributed by atoms with E-state index in [1.807, 2.05) is 43.3 Å². The Labute approximate surface area is 142 Å². The highest BCUT2D eigenvalue weighted by Crippen LogP contribution is 2.21. The Morgan fingerprint density at radius 1 is 1.21 bits per heavy atom. The van der Waals surface area contributed by atoms with Crippen molar-refractivity contribution in [1.29, 1.82) is 0 Å². The SMILES string of the molecule is Cc1ccccc1NC(=O)C1CCCN(Cc2ccc(F)cc2)C1. The van der Waals surface area contributed by atoms with Crippen molar-refractivity contribution in [2.75, 3.05) is 18.4 Å². The highest BCUT2D eigenvalue weighted by Gasteiger charge is 2.26. The van der Waals surface area contributed by atoms with E-state index in [-0.39, 0.29) is 17.6 Å². The van der Waals surface area contributed by atoms with Crippen LogP contribution in [0.4, 0.5) is 10.1 Å². The Morgan fingerprint density at radius 2 is 1.96 bits per heavy atom. The third kappa shape index (κ3) is 4.20. The average Bonchev–Trinajstić information content (AvgIpc) is 2.59. The number of carbonyl (C=O) groups is 1. The van der Waals surface area contributed by atoms with Crippen LogP contribution in [0.1, 0.15) is 24.0 Å². The van der Waals surface area contributed by atoms with E-state index in [9.17, 15) is 9.18 Å². The maximum atomic E-state index is 13.0. The van der Waals surface area contributed by atoms with Crippen LogP contribution in [0.25, 0.3) is 0 Å². The first-order chi connectivity index (χ1) is 11.6. The molecule has 126 valence electrons. The number of rotatable bonds is 4. The smallest absolute Gasteiger partial charge is 0.228 e. The summed E-state index contributed by atoms with van der Waals surface area (Å²) in [4.78, 5) is 14.9. The van der Waals surface area contributed by atoms with E-state index in [4.69, 9.17) is 0 Å². The number of para-hydroxylation sites is 1. The molecule has 2 aromatic carbocycles. The lowest BCUT2D eigenvalue weighted by Crippen LogP contribution is -2.40. The zero-order valence-electron chi connectivity index (χ0n) is 14.0. The van der Waals surface area contributed by atoms with E-state index >= 15 is 0 Å². The molecule has 1 fully saturated rings. The quantitative estimate of drug-likeness (QED) is 0.921. The van der Waals surface area contributed by atoms with Crippen LogP contribution < -0.4 is 5.32 Å². The van der Waals surface area contributed by atoms with Crippen molar-refractivity contribution in [3.8, 4) is 0 Å². The van der Waals surface area contributed by atoms with Gasteiger partial charge in [-0.25, -0.2) is 4.39 Å². The predicted molar refractivity (Wildman–Crippen MR) is 94.2 cm³/mol. The lowest BCUT2D eigenvalue weighted by Gasteiger charge is -2.32. The van der Waals surface area contributed by atoms with Gasteiger partial charge in [-0.15, -0.1) is 0 Å². The molecule has 2 aromatic rings. The van der Waals surface area contributed by atoms with E-state index in [2.05, 4.69) is 10.2 Å². The fourth-order valence-corrected chi connectivity index (χ4v) is 3.21. The highest BCUT2D eigenvalue weighted by atomic mass is 19.1. The van der Waals surface area contributed by atoms with Crippen LogP contribution in [0.15, 0.2) is 48.5 Å². The summed E-state index contributed by atoms with van der Waals surface area (Å²) < 4.78 is 13.0. The summed E-state index contributed by atoms with van der Waals surface area (Å²) in [6.45, 7) is 4.48. The summed E-state index contributed by atoms with van der Waals surface area (Å²) in [5.74, 6) is -0.125. The molecule has 1 saturated heterocycles. The zero-order valence-corrected chi connectivity index (χ0v) is 14.0. The zero-order chi connectivity index (χ0) is 16.9. The van der Waals surface area contributed by atoms with Gasteiger partial charge in [-0.1, -0.05) is 30.3 Å². The van der Waals surface area contributed by atoms with E-state index < -0.39 is 0 Å². The number of halogens is 1. The van der Waals surface area contributed by atoms with Crippen molar-refractivity contribution < 1.29 is 9.18 Å². The summed E-state index contributed by atoms with van der Waals surface area (Å²) in [5, 5.41) is 3.06. The Hall–Kier alpha value is -2.20. The number of nitrogens with one attached hydrogen (secondary N) is 1. The van der Waals surface area contributed by atoms with Gasteiger partial charge in [-0.05, 0) is 55.6 Å². The largest absolute Gasteiger partial charge is 0.326 e. The molecule has 1 aliphatic heterocycles. The average molecular weight is 326 g/mol. The van der Waals surface area contributed by atoms with Gasteiger partial charge in [0, 0.05) is 18.8 Å². The monoisotopic (exact) mass is 326 g/mol. The lowest BCUT2D eigenvalue weighted by atomic mass is 9.96. The topological polar surface area (TPSA) is 32.3 Å². The standard InChI is InChI=1S/C20H23FN2O/c1-15-5-2-3-7-19(15)22-20(24)17-6-4-12-23(14-17)13-16-8-10-18(21)11-9-16/h2-3,5,7-11,17H,4,6,12-14H2,1H3,(H,22,24). The minimum atomic E-state index is -0.215. The molecule has 0 radical (unpaired) electrons. The van der Waals surface area contributed by atoms with Crippen LogP contribution in [-0.2, 0) is 11.3 Å². The van der Waals surface area contributed by atoms with E-state index in [1.165, 1.54) is 12.1 Å². The van der Waals surface area contributed by atoms with E-state index in [0.29, 0.717) is 0 Å². The van der Waals surface area contributed by atoms with Crippen LogP contribution in [0.2, 0.25) is 0 Å². The number of benzene rings is 2. The summed E-state index contributed by atoms with van der Waals surface area (Å²) in [5.41, 5.74) is 3.04. The minimum Gasteiger partial charge on any atom is -0.326 e. The van der Waals surface area contributed by atoms with Crippen molar-refractivity contribution in [3.63, 3.8) is 0 Å². The third-order valence-electron chi connectivity index (χ3n) is 4.60. The number of hydrogen-bond donors (Lipinski definition) is 1. The highest BCUT2D eigenvalue weighted by molar-refractivity contribution is 5.93. The second kappa shape index (κ2) is 7.58. The number of hydrogen-bond acceptors (Lipinski definition) is 2. The molecule has 0 bridgehead atoms. The Balaban J connectivity index is 1.59. The molecule has 1 N–H and O–H groups in total. The van der Waals surface area contributed by atoms with Crippen LogP contribution in [0, 0.1) is 18.7 Å². The number of piperidine rings is 1. The lowest BCUT2D eigenvalue weighted by molar-refractivity contribution is -0.121. The number of amides is 1. The third-order valence-corrected chi connectivity index (χ3v) is 4.60. The summed E-state index contributed by atoms with van der Waals surface area (Å²) in [7, 11) is 0. The number of nitrogens with zero attached hydrogens (tertiary/aromatic N) is 1. The van der Waals surface area contributed by atoms with E-state index in [1.54, 1.807) is 0 Å². The van der Waals surface area contributed by atoms with Gasteiger partial charge >= 0.3 is 0 Å². The molecule has 3 nitrogen and oxygen atoms in total. The van der Waals surface area contributed by atoms with Gasteiger partial charge in [-0.2, -0.15) is 0 Å². The molecule has 0 saturated carbocycles. The molecule has 0 aromatic heterocycles. The predicted octanol–water partition coefficient (Wildman–Crippen LogP) is 3.98. The van der Waals surface area contributed by atoms with Gasteiger partial charge in [0.25, 0.3) is 0 Å². The first kappa shape index (κ1) is 16.7. The maximum Gasteiger partial charge on any atom is 0.228 e. The van der Waals surface area contributed by atoms with Crippen LogP contribution in [0.5, 0.6) is 0 Å². The first-order valence-electron chi connectivity index (χ1n) is 8.45. The van der Waals surface area contributed by atoms with Crippen molar-refractivity contribution >= 4 is 11.6 Å². The molecule has 1 heterocycles. The molecule has 24 heavy (non-hydrogen) atoms. The number of anilines is 1. The van der Waals surface area contributed by atoms with Crippen molar-refractivity contribution in [1.82, 2.24) is 4.90 Å². The van der Waals surface area contributed by atoms with Crippen LogP contribution in [0.3, 0.4) is 0 Å². The molecule has 0 aliphatic carbocycles. The molecule has 1 unspecified atom stereocenters. The van der Waals surface area contributed by atoms with Gasteiger partial charge in [-0.3, -0.25) is 9.69 Å². The van der Waals surface area contributed by atoms with Crippen molar-refractivity contribution in [2.24, 2.45) is 5.92 Å². The molecule has 1 amide bonds. The van der Waals surface area contributed by atoms with Crippen LogP contribution >= 0.6 is 0 Å². The Kier molecular flexibility index (Phi) is 5.26. The molecule has 1 aliphatic rings. The maximum absolute atomic E-state index is 13.0. The second-order valence-electron chi connectivity index (χ2n) is 6.50. The first-order valence-corrected chi connectivity index (χ1v) is 8.45. The van der Waals surface area contributed by atoms with Gasteiger partial charge in [0.05, 0.1) is 5.92 Å². The van der Waals surface area contributed by atoms with Gasteiger partial charge in [0.2, 0.25) is 5.91 Å². The molecule has 4 heteroatoms. The summed E-state index contributed by atoms with van der Waals surface area (Å²) >= 11 is 0. The molecule has 3 rings (SSSR count).